The summed E-state index contributed by atoms with van der Waals surface area (Å²) in [6.45, 7) is 10.6. The lowest BCUT2D eigenvalue weighted by Crippen LogP contribution is -2.28. The Labute approximate surface area is 310 Å². The second-order valence-electron chi connectivity index (χ2n) is 10.3. The Kier molecular flexibility index (Phi) is 79.1. The lowest BCUT2D eigenvalue weighted by Gasteiger charge is -2.20. The summed E-state index contributed by atoms with van der Waals surface area (Å²) in [5.74, 6) is -0.849. The molecule has 0 aliphatic carbocycles. The van der Waals surface area contributed by atoms with E-state index in [2.05, 4.69) is 19.2 Å². The summed E-state index contributed by atoms with van der Waals surface area (Å²) in [6, 6.07) is 0. The molecule has 0 amide bonds. The van der Waals surface area contributed by atoms with Crippen LogP contribution in [0.2, 0.25) is 0 Å². The number of aliphatic carboxylic acids is 1. The second kappa shape index (κ2) is 50.4. The molecule has 12 nitrogen and oxygen atoms in total. The van der Waals surface area contributed by atoms with Gasteiger partial charge in [-0.05, 0) is 68.0 Å². The summed E-state index contributed by atoms with van der Waals surface area (Å²) in [7, 11) is 8.94. The molecule has 0 aliphatic rings. The Morgan fingerprint density at radius 1 is 0.776 bits per heavy atom. The number of carboxylic acid groups (broad SMARTS) is 1. The third-order valence-electron chi connectivity index (χ3n) is 5.10. The maximum absolute atomic E-state index is 11.7. The molecule has 0 rings (SSSR count). The van der Waals surface area contributed by atoms with E-state index in [0.717, 1.165) is 19.5 Å². The average Bonchev–Trinajstić information content (AvgIpc) is 2.91. The van der Waals surface area contributed by atoms with Crippen molar-refractivity contribution >= 4 is 35.6 Å². The fourth-order valence-electron chi connectivity index (χ4n) is 2.73. The molecule has 0 aliphatic heterocycles. The quantitative estimate of drug-likeness (QED) is 0.0655. The van der Waals surface area contributed by atoms with Crippen molar-refractivity contribution in [2.24, 2.45) is 5.41 Å². The molecule has 0 heterocycles. The van der Waals surface area contributed by atoms with E-state index < -0.39 is 29.4 Å². The number of hydrogen-bond acceptors (Lipinski definition) is 12. The Morgan fingerprint density at radius 3 is 1.57 bits per heavy atom. The minimum absolute atomic E-state index is 0. The number of nitrogens with one attached hydrogen (secondary N) is 1. The van der Waals surface area contributed by atoms with Crippen LogP contribution in [-0.4, -0.2) is 136 Å². The number of esters is 3. The summed E-state index contributed by atoms with van der Waals surface area (Å²) in [5, 5.41) is 20.9. The molecule has 3 N–H and O–H groups in total. The number of methoxy groups -OCH3 is 1. The molecule has 0 aromatic heterocycles. The van der Waals surface area contributed by atoms with Gasteiger partial charge in [-0.2, -0.15) is 11.8 Å². The molecule has 0 saturated carbocycles. The lowest BCUT2D eigenvalue weighted by atomic mass is 9.97. The van der Waals surface area contributed by atoms with Crippen LogP contribution in [0.1, 0.15) is 119 Å². The highest BCUT2D eigenvalue weighted by Gasteiger charge is 2.28. The number of nitrogens with zero attached hydrogens (tertiary/aromatic N) is 2. The van der Waals surface area contributed by atoms with Gasteiger partial charge in [0.2, 0.25) is 0 Å². The van der Waals surface area contributed by atoms with Crippen LogP contribution < -0.4 is 5.32 Å². The van der Waals surface area contributed by atoms with Crippen LogP contribution in [0.5, 0.6) is 0 Å². The summed E-state index contributed by atoms with van der Waals surface area (Å²) in [6.07, 6.45) is 1.84. The van der Waals surface area contributed by atoms with Gasteiger partial charge in [-0.25, -0.2) is 0 Å². The fourth-order valence-corrected chi connectivity index (χ4v) is 3.82. The van der Waals surface area contributed by atoms with Crippen molar-refractivity contribution in [3.8, 4) is 0 Å². The molecule has 0 bridgehead atoms. The number of carbonyl (C=O) groups excluding carboxylic acids is 3. The highest BCUT2D eigenvalue weighted by atomic mass is 32.2. The highest BCUT2D eigenvalue weighted by Crippen LogP contribution is 2.23. The van der Waals surface area contributed by atoms with Crippen molar-refractivity contribution in [3.63, 3.8) is 0 Å². The molecule has 1 atom stereocenters. The molecule has 0 fully saturated rings. The van der Waals surface area contributed by atoms with Gasteiger partial charge >= 0.3 is 23.9 Å². The minimum atomic E-state index is -1.05. The molecule has 0 spiro atoms. The lowest BCUT2D eigenvalue weighted by molar-refractivity contribution is -0.152. The van der Waals surface area contributed by atoms with Crippen molar-refractivity contribution in [2.75, 3.05) is 86.2 Å². The zero-order valence-corrected chi connectivity index (χ0v) is 27.6. The Bertz CT molecular complexity index is 697. The molecule has 1 unspecified atom stereocenters. The second-order valence-corrected chi connectivity index (χ2v) is 11.4. The SMILES string of the molecule is C.C.C.C.C.C.C.C.CCCN(C)CCC(=O)OCC(O)COC(=O)CCSCC(C)(C)C(=O)OC.CCCNC.CN(C)CCC(=O)O. The van der Waals surface area contributed by atoms with Crippen molar-refractivity contribution in [2.45, 2.75) is 125 Å². The standard InChI is InChI=1S/C19H35NO7S.C5H11NO2.C4H11N.8CH4/c1-6-9-20(4)10-7-16(22)26-12-15(21)13-27-17(23)8-11-28-14-19(2,3)18(24)25-5;1-6(2)4-3-5(7)8;1-3-4-5-2;;;;;;;;/h15,21H,6-14H2,1-5H3;3-4H2,1-2H3,(H,7,8);5H,3-4H2,1-2H3;8*1H4. The van der Waals surface area contributed by atoms with Gasteiger partial charge < -0.3 is 39.5 Å². The first-order chi connectivity index (χ1) is 19.2. The van der Waals surface area contributed by atoms with Gasteiger partial charge in [-0.1, -0.05) is 73.3 Å². The molecule has 0 saturated heterocycles. The summed E-state index contributed by atoms with van der Waals surface area (Å²) >= 11 is 1.45. The summed E-state index contributed by atoms with van der Waals surface area (Å²) in [4.78, 5) is 48.6. The van der Waals surface area contributed by atoms with E-state index in [4.69, 9.17) is 19.3 Å². The molecule has 0 aromatic rings. The van der Waals surface area contributed by atoms with E-state index in [1.165, 1.54) is 25.3 Å². The van der Waals surface area contributed by atoms with Gasteiger partial charge in [0.15, 0.2) is 0 Å². The number of carboxylic acids is 1. The zero-order chi connectivity index (χ0) is 32.3. The topological polar surface area (TPSA) is 155 Å². The summed E-state index contributed by atoms with van der Waals surface area (Å²) in [5.41, 5.74) is -0.616. The molecule has 0 radical (unpaired) electrons. The van der Waals surface area contributed by atoms with Gasteiger partial charge in [-0.3, -0.25) is 19.2 Å². The largest absolute Gasteiger partial charge is 0.481 e. The predicted molar refractivity (Wildman–Crippen MR) is 217 cm³/mol. The summed E-state index contributed by atoms with van der Waals surface area (Å²) < 4.78 is 14.7. The number of thioether (sulfide) groups is 1. The van der Waals surface area contributed by atoms with E-state index in [1.54, 1.807) is 13.8 Å². The number of carbonyl (C=O) groups is 4. The first-order valence-corrected chi connectivity index (χ1v) is 15.2. The smallest absolute Gasteiger partial charge is 0.312 e. The number of ether oxygens (including phenoxy) is 3. The van der Waals surface area contributed by atoms with E-state index >= 15 is 0 Å². The third kappa shape index (κ3) is 58.6. The monoisotopic (exact) mass is 740 g/mol. The zero-order valence-electron chi connectivity index (χ0n) is 26.8. The van der Waals surface area contributed by atoms with Crippen LogP contribution >= 0.6 is 11.8 Å². The predicted octanol–water partition coefficient (Wildman–Crippen LogP) is 7.22. The molecule has 13 heteroatoms. The number of rotatable bonds is 20. The van der Waals surface area contributed by atoms with Gasteiger partial charge in [0, 0.05) is 24.6 Å². The third-order valence-corrected chi connectivity index (χ3v) is 6.52. The van der Waals surface area contributed by atoms with Crippen LogP contribution in [0.4, 0.5) is 0 Å². The van der Waals surface area contributed by atoms with Crippen molar-refractivity contribution in [3.05, 3.63) is 0 Å². The molecular weight excluding hydrogens is 650 g/mol. The van der Waals surface area contributed by atoms with Crippen LogP contribution in [-0.2, 0) is 33.4 Å². The Hall–Kier alpha value is -1.93. The van der Waals surface area contributed by atoms with E-state index in [1.807, 2.05) is 38.0 Å². The first kappa shape index (κ1) is 76.8. The Morgan fingerprint density at radius 2 is 1.24 bits per heavy atom. The van der Waals surface area contributed by atoms with Gasteiger partial charge in [0.1, 0.15) is 19.3 Å². The molecular formula is C36H89N3O9S. The average molecular weight is 740 g/mol. The highest BCUT2D eigenvalue weighted by molar-refractivity contribution is 7.99. The van der Waals surface area contributed by atoms with Crippen molar-refractivity contribution in [1.29, 1.82) is 0 Å². The first-order valence-electron chi connectivity index (χ1n) is 14.0. The minimum Gasteiger partial charge on any atom is -0.481 e. The fraction of sp³-hybridized carbons (Fsp3) is 0.889. The van der Waals surface area contributed by atoms with Crippen molar-refractivity contribution < 1.29 is 43.6 Å². The van der Waals surface area contributed by atoms with Crippen LogP contribution in [0.25, 0.3) is 0 Å². The van der Waals surface area contributed by atoms with Crippen LogP contribution in [0.15, 0.2) is 0 Å². The number of aliphatic hydroxyl groups excluding tert-OH is 1. The van der Waals surface area contributed by atoms with E-state index in [0.29, 0.717) is 24.6 Å². The normalized spacial score (nSPS) is 9.63. The van der Waals surface area contributed by atoms with Crippen molar-refractivity contribution in [1.82, 2.24) is 15.1 Å². The Balaban J connectivity index is -0.0000000653. The van der Waals surface area contributed by atoms with Gasteiger partial charge in [0.05, 0.1) is 31.8 Å². The number of hydrogen-bond donors (Lipinski definition) is 3. The van der Waals surface area contributed by atoms with Gasteiger partial charge in [0.25, 0.3) is 0 Å². The number of aliphatic hydroxyl groups is 1. The molecule has 0 aromatic carbocycles. The van der Waals surface area contributed by atoms with E-state index in [-0.39, 0.29) is 97.9 Å². The maximum Gasteiger partial charge on any atom is 0.312 e. The van der Waals surface area contributed by atoms with Crippen LogP contribution in [0.3, 0.4) is 0 Å². The van der Waals surface area contributed by atoms with E-state index in [9.17, 15) is 24.3 Å². The molecule has 308 valence electrons. The van der Waals surface area contributed by atoms with Gasteiger partial charge in [-0.15, -0.1) is 0 Å². The molecule has 49 heavy (non-hydrogen) atoms. The van der Waals surface area contributed by atoms with Crippen LogP contribution in [0, 0.1) is 5.41 Å². The maximum atomic E-state index is 11.7.